The molecule has 0 aliphatic carbocycles. The highest BCUT2D eigenvalue weighted by atomic mass is 16.5. The van der Waals surface area contributed by atoms with Crippen LogP contribution in [-0.4, -0.2) is 11.6 Å². The molecule has 1 aromatic carbocycles. The maximum absolute atomic E-state index is 5.50. The van der Waals surface area contributed by atoms with Crippen molar-refractivity contribution in [2.75, 3.05) is 6.61 Å². The number of hydrogen-bond donors (Lipinski definition) is 0. The third-order valence-electron chi connectivity index (χ3n) is 3.01. The van der Waals surface area contributed by atoms with Crippen LogP contribution >= 0.6 is 0 Å². The zero-order valence-electron chi connectivity index (χ0n) is 11.9. The molecule has 100 valence electrons. The normalized spacial score (nSPS) is 12.2. The van der Waals surface area contributed by atoms with Gasteiger partial charge in [0.1, 0.15) is 5.75 Å². The second kappa shape index (κ2) is 6.37. The third-order valence-corrected chi connectivity index (χ3v) is 3.01. The molecular formula is C17H21NO. The van der Waals surface area contributed by atoms with Gasteiger partial charge in [-0.05, 0) is 36.2 Å². The number of benzene rings is 1. The number of pyridine rings is 1. The monoisotopic (exact) mass is 255 g/mol. The molecule has 0 amide bonds. The highest BCUT2D eigenvalue weighted by Gasteiger charge is 2.13. The Balaban J connectivity index is 0.000000408. The van der Waals surface area contributed by atoms with E-state index in [1.54, 1.807) is 0 Å². The summed E-state index contributed by atoms with van der Waals surface area (Å²) in [4.78, 5) is 4.32. The van der Waals surface area contributed by atoms with Crippen molar-refractivity contribution in [1.82, 2.24) is 4.98 Å². The second-order valence-corrected chi connectivity index (χ2v) is 4.76. The molecule has 19 heavy (non-hydrogen) atoms. The quantitative estimate of drug-likeness (QED) is 0.753. The molecular weight excluding hydrogens is 234 g/mol. The highest BCUT2D eigenvalue weighted by Crippen LogP contribution is 2.31. The van der Waals surface area contributed by atoms with Gasteiger partial charge in [0.25, 0.3) is 0 Å². The Kier molecular flexibility index (Phi) is 4.56. The van der Waals surface area contributed by atoms with Gasteiger partial charge >= 0.3 is 0 Å². The summed E-state index contributed by atoms with van der Waals surface area (Å²) < 4.78 is 5.50. The van der Waals surface area contributed by atoms with Crippen molar-refractivity contribution in [3.63, 3.8) is 0 Å². The van der Waals surface area contributed by atoms with Crippen LogP contribution in [0.5, 0.6) is 5.75 Å². The first-order valence-corrected chi connectivity index (χ1v) is 6.94. The maximum atomic E-state index is 5.50. The molecule has 0 bridgehead atoms. The minimum Gasteiger partial charge on any atom is -0.493 e. The van der Waals surface area contributed by atoms with Crippen LogP contribution in [0.15, 0.2) is 36.5 Å². The summed E-state index contributed by atoms with van der Waals surface area (Å²) >= 11 is 0. The minimum absolute atomic E-state index is 0.810. The van der Waals surface area contributed by atoms with Gasteiger partial charge in [0.05, 0.1) is 6.61 Å². The van der Waals surface area contributed by atoms with Crippen LogP contribution in [0.25, 0.3) is 11.1 Å². The summed E-state index contributed by atoms with van der Waals surface area (Å²) in [6.07, 6.45) is 4.10. The van der Waals surface area contributed by atoms with Gasteiger partial charge < -0.3 is 4.74 Å². The molecule has 0 unspecified atom stereocenters. The van der Waals surface area contributed by atoms with Crippen LogP contribution in [0.2, 0.25) is 0 Å². The van der Waals surface area contributed by atoms with Gasteiger partial charge in [0, 0.05) is 23.9 Å². The van der Waals surface area contributed by atoms with Gasteiger partial charge in [-0.15, -0.1) is 0 Å². The summed E-state index contributed by atoms with van der Waals surface area (Å²) in [7, 11) is 0. The maximum Gasteiger partial charge on any atom is 0.122 e. The van der Waals surface area contributed by atoms with E-state index in [9.17, 15) is 0 Å². The molecule has 2 nitrogen and oxygen atoms in total. The number of ether oxygens (including phenoxy) is 1. The molecule has 0 radical (unpaired) electrons. The average Bonchev–Trinajstić information content (AvgIpc) is 2.87. The molecule has 0 saturated heterocycles. The summed E-state index contributed by atoms with van der Waals surface area (Å²) in [5.74, 6) is 1.03. The van der Waals surface area contributed by atoms with Gasteiger partial charge in [-0.2, -0.15) is 0 Å². The molecule has 0 N–H and O–H groups in total. The Bertz CT molecular complexity index is 549. The van der Waals surface area contributed by atoms with Crippen LogP contribution in [-0.2, 0) is 6.42 Å². The molecule has 3 rings (SSSR count). The first kappa shape index (κ1) is 13.6. The fourth-order valence-electron chi connectivity index (χ4n) is 2.14. The lowest BCUT2D eigenvalue weighted by Gasteiger charge is -2.06. The van der Waals surface area contributed by atoms with Crippen molar-refractivity contribution in [2.45, 2.75) is 33.6 Å². The van der Waals surface area contributed by atoms with Gasteiger partial charge in [-0.25, -0.2) is 0 Å². The Morgan fingerprint density at radius 2 is 2.00 bits per heavy atom. The topological polar surface area (TPSA) is 22.1 Å². The fraction of sp³-hybridized carbons (Fsp3) is 0.353. The molecule has 0 saturated carbocycles. The number of rotatable bonds is 1. The molecule has 0 spiro atoms. The average molecular weight is 255 g/mol. The van der Waals surface area contributed by atoms with Crippen LogP contribution in [0, 0.1) is 6.92 Å². The first-order chi connectivity index (χ1) is 9.26. The van der Waals surface area contributed by atoms with Crippen molar-refractivity contribution in [3.8, 4) is 16.9 Å². The Hall–Kier alpha value is -1.83. The minimum atomic E-state index is 0.810. The molecule has 2 aromatic rings. The van der Waals surface area contributed by atoms with Gasteiger partial charge in [0.15, 0.2) is 0 Å². The van der Waals surface area contributed by atoms with Crippen molar-refractivity contribution in [3.05, 3.63) is 47.8 Å². The van der Waals surface area contributed by atoms with E-state index in [0.29, 0.717) is 0 Å². The summed E-state index contributed by atoms with van der Waals surface area (Å²) in [5, 5.41) is 0. The lowest BCUT2D eigenvalue weighted by Crippen LogP contribution is -1.87. The molecule has 2 heterocycles. The highest BCUT2D eigenvalue weighted by molar-refractivity contribution is 5.67. The standard InChI is InChI=1S/C14H13NO.C3H8/c1-10-13(3-2-7-15-10)11-4-5-14-12(9-11)6-8-16-14;1-3-2/h2-5,7,9H,6,8H2,1H3;3H2,1-2H3. The Morgan fingerprint density at radius 1 is 1.21 bits per heavy atom. The zero-order valence-corrected chi connectivity index (χ0v) is 11.9. The van der Waals surface area contributed by atoms with E-state index in [1.165, 1.54) is 23.1 Å². The van der Waals surface area contributed by atoms with E-state index >= 15 is 0 Å². The van der Waals surface area contributed by atoms with E-state index in [2.05, 4.69) is 43.1 Å². The number of hydrogen-bond acceptors (Lipinski definition) is 2. The number of aryl methyl sites for hydroxylation is 1. The second-order valence-electron chi connectivity index (χ2n) is 4.76. The van der Waals surface area contributed by atoms with Gasteiger partial charge in [0.2, 0.25) is 0 Å². The molecule has 1 aromatic heterocycles. The molecule has 1 aliphatic rings. The van der Waals surface area contributed by atoms with E-state index in [1.807, 2.05) is 19.2 Å². The number of aromatic nitrogens is 1. The third kappa shape index (κ3) is 3.14. The van der Waals surface area contributed by atoms with Crippen LogP contribution in [0.3, 0.4) is 0 Å². The van der Waals surface area contributed by atoms with Crippen LogP contribution in [0.1, 0.15) is 31.5 Å². The van der Waals surface area contributed by atoms with Crippen LogP contribution < -0.4 is 4.74 Å². The molecule has 0 atom stereocenters. The summed E-state index contributed by atoms with van der Waals surface area (Å²) in [6.45, 7) is 7.10. The van der Waals surface area contributed by atoms with E-state index in [4.69, 9.17) is 4.74 Å². The Morgan fingerprint density at radius 3 is 2.74 bits per heavy atom. The lowest BCUT2D eigenvalue weighted by molar-refractivity contribution is 0.357. The number of nitrogens with zero attached hydrogens (tertiary/aromatic N) is 1. The van der Waals surface area contributed by atoms with Gasteiger partial charge in [-0.3, -0.25) is 4.98 Å². The van der Waals surface area contributed by atoms with E-state index < -0.39 is 0 Å². The predicted molar refractivity (Wildman–Crippen MR) is 79.6 cm³/mol. The molecule has 2 heteroatoms. The Labute approximate surface area is 115 Å². The number of fused-ring (bicyclic) bond motifs is 1. The van der Waals surface area contributed by atoms with Crippen molar-refractivity contribution >= 4 is 0 Å². The van der Waals surface area contributed by atoms with Crippen molar-refractivity contribution < 1.29 is 4.74 Å². The largest absolute Gasteiger partial charge is 0.493 e. The molecule has 0 fully saturated rings. The van der Waals surface area contributed by atoms with E-state index in [0.717, 1.165) is 24.5 Å². The predicted octanol–water partition coefficient (Wildman–Crippen LogP) is 4.41. The first-order valence-electron chi connectivity index (χ1n) is 6.94. The SMILES string of the molecule is CCC.Cc1ncccc1-c1ccc2c(c1)CCO2. The zero-order chi connectivity index (χ0) is 13.7. The van der Waals surface area contributed by atoms with Gasteiger partial charge in [-0.1, -0.05) is 32.4 Å². The summed E-state index contributed by atoms with van der Waals surface area (Å²) in [6, 6.07) is 10.5. The fourth-order valence-corrected chi connectivity index (χ4v) is 2.14. The van der Waals surface area contributed by atoms with Crippen LogP contribution in [0.4, 0.5) is 0 Å². The van der Waals surface area contributed by atoms with Crippen molar-refractivity contribution in [2.24, 2.45) is 0 Å². The van der Waals surface area contributed by atoms with Crippen molar-refractivity contribution in [1.29, 1.82) is 0 Å². The van der Waals surface area contributed by atoms with E-state index in [-0.39, 0.29) is 0 Å². The summed E-state index contributed by atoms with van der Waals surface area (Å²) in [5.41, 5.74) is 4.81. The lowest BCUT2D eigenvalue weighted by atomic mass is 10.0. The molecule has 1 aliphatic heterocycles. The smallest absolute Gasteiger partial charge is 0.122 e.